The molecule has 3 nitrogen and oxygen atoms in total. The second-order valence-corrected chi connectivity index (χ2v) is 6.71. The molecule has 0 amide bonds. The average molecular weight is 284 g/mol. The third-order valence-electron chi connectivity index (χ3n) is 4.41. The second kappa shape index (κ2) is 5.45. The van der Waals surface area contributed by atoms with Crippen molar-refractivity contribution in [1.82, 2.24) is 15.1 Å². The molecule has 0 aromatic carbocycles. The van der Waals surface area contributed by atoms with Crippen LogP contribution in [0.25, 0.3) is 0 Å². The van der Waals surface area contributed by atoms with Gasteiger partial charge in [0.1, 0.15) is 0 Å². The van der Waals surface area contributed by atoms with Crippen LogP contribution < -0.4 is 5.32 Å². The van der Waals surface area contributed by atoms with Crippen LogP contribution in [0.5, 0.6) is 0 Å². The van der Waals surface area contributed by atoms with E-state index in [9.17, 15) is 0 Å². The molecule has 108 valence electrons. The van der Waals surface area contributed by atoms with Gasteiger partial charge in [0.05, 0.1) is 16.4 Å². The summed E-state index contributed by atoms with van der Waals surface area (Å²) in [5, 5.41) is 9.00. The van der Waals surface area contributed by atoms with Gasteiger partial charge in [0.25, 0.3) is 0 Å². The van der Waals surface area contributed by atoms with Gasteiger partial charge < -0.3 is 5.32 Å². The van der Waals surface area contributed by atoms with E-state index in [1.54, 1.807) is 0 Å². The summed E-state index contributed by atoms with van der Waals surface area (Å²) in [6.07, 6.45) is 2.29. The standard InChI is InChI=1S/C15H26ClN3/c1-6-17-12(11-9-15(11,4)5)8-13-14(16)10(3)18-19(13)7-2/h11-12,17H,6-9H2,1-5H3. The fourth-order valence-electron chi connectivity index (χ4n) is 3.09. The topological polar surface area (TPSA) is 29.9 Å². The van der Waals surface area contributed by atoms with E-state index < -0.39 is 0 Å². The summed E-state index contributed by atoms with van der Waals surface area (Å²) in [6.45, 7) is 12.9. The molecule has 1 fully saturated rings. The van der Waals surface area contributed by atoms with Gasteiger partial charge in [-0.15, -0.1) is 0 Å². The summed E-state index contributed by atoms with van der Waals surface area (Å²) in [5.74, 6) is 0.754. The van der Waals surface area contributed by atoms with Gasteiger partial charge in [-0.05, 0) is 38.1 Å². The molecule has 0 radical (unpaired) electrons. The van der Waals surface area contributed by atoms with Crippen molar-refractivity contribution in [2.45, 2.75) is 60.0 Å². The number of nitrogens with one attached hydrogen (secondary N) is 1. The molecule has 2 atom stereocenters. The Kier molecular flexibility index (Phi) is 4.26. The Morgan fingerprint density at radius 2 is 2.11 bits per heavy atom. The normalized spacial score (nSPS) is 22.5. The zero-order valence-electron chi connectivity index (χ0n) is 12.8. The van der Waals surface area contributed by atoms with Gasteiger partial charge in [-0.1, -0.05) is 32.4 Å². The fraction of sp³-hybridized carbons (Fsp3) is 0.800. The van der Waals surface area contributed by atoms with E-state index in [1.807, 2.05) is 6.92 Å². The number of aromatic nitrogens is 2. The van der Waals surface area contributed by atoms with E-state index in [2.05, 4.69) is 42.8 Å². The minimum absolute atomic E-state index is 0.478. The minimum atomic E-state index is 0.478. The first-order chi connectivity index (χ1) is 8.90. The molecule has 1 aliphatic carbocycles. The first kappa shape index (κ1) is 14.9. The molecule has 2 rings (SSSR count). The Labute approximate surface area is 121 Å². The fourth-order valence-corrected chi connectivity index (χ4v) is 3.30. The number of likely N-dealkylation sites (N-methyl/N-ethyl adjacent to an activating group) is 1. The SMILES string of the molecule is CCNC(Cc1c(Cl)c(C)nn1CC)C1CC1(C)C. The molecule has 19 heavy (non-hydrogen) atoms. The highest BCUT2D eigenvalue weighted by molar-refractivity contribution is 6.31. The third-order valence-corrected chi connectivity index (χ3v) is 4.90. The summed E-state index contributed by atoms with van der Waals surface area (Å²) in [7, 11) is 0. The Hall–Kier alpha value is -0.540. The lowest BCUT2D eigenvalue weighted by molar-refractivity contribution is 0.400. The van der Waals surface area contributed by atoms with Crippen LogP contribution in [-0.4, -0.2) is 22.4 Å². The predicted molar refractivity (Wildman–Crippen MR) is 80.7 cm³/mol. The zero-order valence-corrected chi connectivity index (χ0v) is 13.5. The Balaban J connectivity index is 2.17. The molecule has 2 unspecified atom stereocenters. The van der Waals surface area contributed by atoms with E-state index in [0.29, 0.717) is 11.5 Å². The second-order valence-electron chi connectivity index (χ2n) is 6.33. The summed E-state index contributed by atoms with van der Waals surface area (Å²) in [6, 6.07) is 0.513. The largest absolute Gasteiger partial charge is 0.314 e. The molecule has 0 aliphatic heterocycles. The van der Waals surface area contributed by atoms with Crippen LogP contribution >= 0.6 is 11.6 Å². The Morgan fingerprint density at radius 3 is 2.58 bits per heavy atom. The molecule has 1 aliphatic rings. The van der Waals surface area contributed by atoms with Gasteiger partial charge in [-0.2, -0.15) is 5.10 Å². The van der Waals surface area contributed by atoms with Gasteiger partial charge >= 0.3 is 0 Å². The van der Waals surface area contributed by atoms with Crippen LogP contribution in [0, 0.1) is 18.3 Å². The maximum absolute atomic E-state index is 6.42. The first-order valence-electron chi connectivity index (χ1n) is 7.35. The van der Waals surface area contributed by atoms with Crippen molar-refractivity contribution in [1.29, 1.82) is 0 Å². The van der Waals surface area contributed by atoms with E-state index in [4.69, 9.17) is 11.6 Å². The van der Waals surface area contributed by atoms with Crippen molar-refractivity contribution >= 4 is 11.6 Å². The monoisotopic (exact) mass is 283 g/mol. The lowest BCUT2D eigenvalue weighted by atomic mass is 9.99. The molecular formula is C15H26ClN3. The molecular weight excluding hydrogens is 258 g/mol. The van der Waals surface area contributed by atoms with E-state index in [-0.39, 0.29) is 0 Å². The van der Waals surface area contributed by atoms with Crippen molar-refractivity contribution in [3.8, 4) is 0 Å². The van der Waals surface area contributed by atoms with Gasteiger partial charge in [-0.3, -0.25) is 4.68 Å². The van der Waals surface area contributed by atoms with Gasteiger partial charge in [0.15, 0.2) is 0 Å². The van der Waals surface area contributed by atoms with E-state index in [0.717, 1.165) is 36.1 Å². The molecule has 1 heterocycles. The maximum atomic E-state index is 6.42. The number of hydrogen-bond acceptors (Lipinski definition) is 2. The molecule has 1 aromatic heterocycles. The molecule has 0 saturated heterocycles. The quantitative estimate of drug-likeness (QED) is 0.867. The van der Waals surface area contributed by atoms with Crippen molar-refractivity contribution in [2.75, 3.05) is 6.54 Å². The van der Waals surface area contributed by atoms with Crippen molar-refractivity contribution in [3.05, 3.63) is 16.4 Å². The molecule has 0 spiro atoms. The Bertz CT molecular complexity index is 450. The predicted octanol–water partition coefficient (Wildman–Crippen LogP) is 3.43. The summed E-state index contributed by atoms with van der Waals surface area (Å²) < 4.78 is 2.05. The van der Waals surface area contributed by atoms with Crippen molar-refractivity contribution < 1.29 is 0 Å². The van der Waals surface area contributed by atoms with Crippen LogP contribution in [0.15, 0.2) is 0 Å². The lowest BCUT2D eigenvalue weighted by Crippen LogP contribution is -2.35. The first-order valence-corrected chi connectivity index (χ1v) is 7.73. The maximum Gasteiger partial charge on any atom is 0.0847 e. The van der Waals surface area contributed by atoms with Gasteiger partial charge in [0.2, 0.25) is 0 Å². The van der Waals surface area contributed by atoms with Crippen molar-refractivity contribution in [2.24, 2.45) is 11.3 Å². The number of halogens is 1. The molecule has 1 aromatic rings. The van der Waals surface area contributed by atoms with Crippen molar-refractivity contribution in [3.63, 3.8) is 0 Å². The van der Waals surface area contributed by atoms with Gasteiger partial charge in [0, 0.05) is 19.0 Å². The van der Waals surface area contributed by atoms with Crippen LogP contribution in [-0.2, 0) is 13.0 Å². The number of hydrogen-bond donors (Lipinski definition) is 1. The average Bonchev–Trinajstić information content (AvgIpc) is 2.90. The highest BCUT2D eigenvalue weighted by Gasteiger charge is 2.49. The molecule has 0 bridgehead atoms. The molecule has 1 N–H and O–H groups in total. The molecule has 1 saturated carbocycles. The van der Waals surface area contributed by atoms with Crippen LogP contribution in [0.2, 0.25) is 5.02 Å². The Morgan fingerprint density at radius 1 is 1.47 bits per heavy atom. The van der Waals surface area contributed by atoms with E-state index >= 15 is 0 Å². The minimum Gasteiger partial charge on any atom is -0.314 e. The lowest BCUT2D eigenvalue weighted by Gasteiger charge is -2.20. The summed E-state index contributed by atoms with van der Waals surface area (Å²) in [5.41, 5.74) is 2.62. The number of nitrogens with zero attached hydrogens (tertiary/aromatic N) is 2. The van der Waals surface area contributed by atoms with Crippen LogP contribution in [0.4, 0.5) is 0 Å². The highest BCUT2D eigenvalue weighted by Crippen LogP contribution is 2.54. The highest BCUT2D eigenvalue weighted by atomic mass is 35.5. The van der Waals surface area contributed by atoms with Crippen LogP contribution in [0.1, 0.15) is 45.5 Å². The van der Waals surface area contributed by atoms with Crippen LogP contribution in [0.3, 0.4) is 0 Å². The zero-order chi connectivity index (χ0) is 14.2. The van der Waals surface area contributed by atoms with Gasteiger partial charge in [-0.25, -0.2) is 0 Å². The van der Waals surface area contributed by atoms with E-state index in [1.165, 1.54) is 12.1 Å². The smallest absolute Gasteiger partial charge is 0.0847 e. The number of aryl methyl sites for hydroxylation is 2. The number of rotatable bonds is 6. The third kappa shape index (κ3) is 2.97. The summed E-state index contributed by atoms with van der Waals surface area (Å²) >= 11 is 6.42. The summed E-state index contributed by atoms with van der Waals surface area (Å²) in [4.78, 5) is 0. The molecule has 4 heteroatoms.